The zero-order valence-electron chi connectivity index (χ0n) is 10.6. The van der Waals surface area contributed by atoms with Crippen LogP contribution in [0.5, 0.6) is 0 Å². The Morgan fingerprint density at radius 1 is 1.17 bits per heavy atom. The monoisotopic (exact) mass is 246 g/mol. The van der Waals surface area contributed by atoms with Gasteiger partial charge in [0.1, 0.15) is 6.04 Å². The van der Waals surface area contributed by atoms with Crippen LogP contribution in [0.1, 0.15) is 30.1 Å². The van der Waals surface area contributed by atoms with Gasteiger partial charge in [-0.05, 0) is 31.9 Å². The molecule has 0 aliphatic carbocycles. The van der Waals surface area contributed by atoms with E-state index in [9.17, 15) is 9.59 Å². The standard InChI is InChI=1S/C14H18N2O2/c1-11(14(18)16-9-5-6-10-16)15-13(17)12-7-3-2-4-8-12/h2-4,7-8,11H,5-6,9-10H2,1H3,(H,15,17)/t11-/m1/s1. The molecule has 1 aliphatic heterocycles. The molecule has 1 aromatic carbocycles. The molecule has 1 aromatic rings. The summed E-state index contributed by atoms with van der Waals surface area (Å²) >= 11 is 0. The highest BCUT2D eigenvalue weighted by Gasteiger charge is 2.24. The molecule has 0 bridgehead atoms. The summed E-state index contributed by atoms with van der Waals surface area (Å²) in [6.07, 6.45) is 2.12. The van der Waals surface area contributed by atoms with Gasteiger partial charge >= 0.3 is 0 Å². The van der Waals surface area contributed by atoms with E-state index in [2.05, 4.69) is 5.32 Å². The number of hydrogen-bond acceptors (Lipinski definition) is 2. The van der Waals surface area contributed by atoms with Gasteiger partial charge in [0.2, 0.25) is 5.91 Å². The molecule has 0 aromatic heterocycles. The number of carbonyl (C=O) groups is 2. The van der Waals surface area contributed by atoms with Crippen molar-refractivity contribution in [2.45, 2.75) is 25.8 Å². The van der Waals surface area contributed by atoms with Crippen molar-refractivity contribution < 1.29 is 9.59 Å². The zero-order chi connectivity index (χ0) is 13.0. The maximum absolute atomic E-state index is 12.0. The average molecular weight is 246 g/mol. The highest BCUT2D eigenvalue weighted by atomic mass is 16.2. The Bertz CT molecular complexity index is 425. The normalized spacial score (nSPS) is 16.4. The quantitative estimate of drug-likeness (QED) is 0.877. The van der Waals surface area contributed by atoms with Gasteiger partial charge < -0.3 is 10.2 Å². The van der Waals surface area contributed by atoms with Crippen LogP contribution in [0, 0.1) is 0 Å². The fourth-order valence-electron chi connectivity index (χ4n) is 2.14. The first-order valence-corrected chi connectivity index (χ1v) is 6.33. The molecular weight excluding hydrogens is 228 g/mol. The molecule has 1 saturated heterocycles. The van der Waals surface area contributed by atoms with E-state index in [4.69, 9.17) is 0 Å². The molecule has 0 saturated carbocycles. The fourth-order valence-corrected chi connectivity index (χ4v) is 2.14. The Balaban J connectivity index is 1.92. The van der Waals surface area contributed by atoms with Crippen molar-refractivity contribution in [3.05, 3.63) is 35.9 Å². The Hall–Kier alpha value is -1.84. The minimum absolute atomic E-state index is 0.0109. The summed E-state index contributed by atoms with van der Waals surface area (Å²) in [6, 6.07) is 8.49. The average Bonchev–Trinajstić information content (AvgIpc) is 2.92. The first-order valence-electron chi connectivity index (χ1n) is 6.33. The number of nitrogens with zero attached hydrogens (tertiary/aromatic N) is 1. The predicted octanol–water partition coefficient (Wildman–Crippen LogP) is 1.43. The van der Waals surface area contributed by atoms with Crippen molar-refractivity contribution >= 4 is 11.8 Å². The molecule has 4 heteroatoms. The lowest BCUT2D eigenvalue weighted by atomic mass is 10.2. The third-order valence-corrected chi connectivity index (χ3v) is 3.17. The van der Waals surface area contributed by atoms with E-state index in [1.807, 2.05) is 23.1 Å². The van der Waals surface area contributed by atoms with Crippen LogP contribution in [-0.2, 0) is 4.79 Å². The second-order valence-corrected chi connectivity index (χ2v) is 4.59. The van der Waals surface area contributed by atoms with Crippen LogP contribution in [0.25, 0.3) is 0 Å². The third kappa shape index (κ3) is 2.88. The van der Waals surface area contributed by atoms with Gasteiger partial charge in [0, 0.05) is 18.7 Å². The topological polar surface area (TPSA) is 49.4 Å². The maximum atomic E-state index is 12.0. The molecule has 4 nitrogen and oxygen atoms in total. The van der Waals surface area contributed by atoms with Gasteiger partial charge in [-0.1, -0.05) is 18.2 Å². The predicted molar refractivity (Wildman–Crippen MR) is 69.2 cm³/mol. The lowest BCUT2D eigenvalue weighted by Crippen LogP contribution is -2.45. The van der Waals surface area contributed by atoms with E-state index >= 15 is 0 Å². The number of hydrogen-bond donors (Lipinski definition) is 1. The number of benzene rings is 1. The summed E-state index contributed by atoms with van der Waals surface area (Å²) in [5, 5.41) is 2.74. The van der Waals surface area contributed by atoms with Gasteiger partial charge in [-0.25, -0.2) is 0 Å². The summed E-state index contributed by atoms with van der Waals surface area (Å²) in [7, 11) is 0. The Morgan fingerprint density at radius 2 is 1.78 bits per heavy atom. The van der Waals surface area contributed by atoms with Crippen LogP contribution in [0.4, 0.5) is 0 Å². The molecule has 2 rings (SSSR count). The van der Waals surface area contributed by atoms with Crippen LogP contribution >= 0.6 is 0 Å². The van der Waals surface area contributed by atoms with Gasteiger partial charge in [-0.3, -0.25) is 9.59 Å². The van der Waals surface area contributed by atoms with Gasteiger partial charge in [0.15, 0.2) is 0 Å². The van der Waals surface area contributed by atoms with Gasteiger partial charge in [-0.2, -0.15) is 0 Å². The van der Waals surface area contributed by atoms with Crippen molar-refractivity contribution in [1.82, 2.24) is 10.2 Å². The highest BCUT2D eigenvalue weighted by molar-refractivity contribution is 5.97. The number of nitrogens with one attached hydrogen (secondary N) is 1. The lowest BCUT2D eigenvalue weighted by molar-refractivity contribution is -0.131. The van der Waals surface area contributed by atoms with E-state index in [-0.39, 0.29) is 11.8 Å². The summed E-state index contributed by atoms with van der Waals surface area (Å²) in [5.41, 5.74) is 0.582. The lowest BCUT2D eigenvalue weighted by Gasteiger charge is -2.21. The van der Waals surface area contributed by atoms with Crippen LogP contribution in [0.2, 0.25) is 0 Å². The van der Waals surface area contributed by atoms with E-state index in [1.54, 1.807) is 19.1 Å². The molecule has 1 N–H and O–H groups in total. The van der Waals surface area contributed by atoms with Crippen LogP contribution in [0.15, 0.2) is 30.3 Å². The summed E-state index contributed by atoms with van der Waals surface area (Å²) in [5.74, 6) is -0.188. The summed E-state index contributed by atoms with van der Waals surface area (Å²) in [4.78, 5) is 25.7. The van der Waals surface area contributed by atoms with Gasteiger partial charge in [-0.15, -0.1) is 0 Å². The van der Waals surface area contributed by atoms with Crippen LogP contribution < -0.4 is 5.32 Å². The molecule has 96 valence electrons. The number of amides is 2. The van der Waals surface area contributed by atoms with E-state index in [1.165, 1.54) is 0 Å². The molecule has 1 atom stereocenters. The Labute approximate surface area is 107 Å². The van der Waals surface area contributed by atoms with Crippen molar-refractivity contribution in [1.29, 1.82) is 0 Å². The van der Waals surface area contributed by atoms with E-state index in [0.29, 0.717) is 5.56 Å². The van der Waals surface area contributed by atoms with Gasteiger partial charge in [0.25, 0.3) is 5.91 Å². The molecule has 0 radical (unpaired) electrons. The SMILES string of the molecule is C[C@@H](NC(=O)c1ccccc1)C(=O)N1CCCC1. The van der Waals surface area contributed by atoms with Crippen molar-refractivity contribution in [3.8, 4) is 0 Å². The number of carbonyl (C=O) groups excluding carboxylic acids is 2. The minimum Gasteiger partial charge on any atom is -0.341 e. The second-order valence-electron chi connectivity index (χ2n) is 4.59. The molecule has 1 fully saturated rings. The van der Waals surface area contributed by atoms with E-state index < -0.39 is 6.04 Å². The van der Waals surface area contributed by atoms with Crippen molar-refractivity contribution in [2.24, 2.45) is 0 Å². The molecular formula is C14H18N2O2. The smallest absolute Gasteiger partial charge is 0.251 e. The van der Waals surface area contributed by atoms with Crippen molar-refractivity contribution in [3.63, 3.8) is 0 Å². The Kier molecular flexibility index (Phi) is 3.97. The molecule has 0 unspecified atom stereocenters. The highest BCUT2D eigenvalue weighted by Crippen LogP contribution is 2.09. The first kappa shape index (κ1) is 12.6. The van der Waals surface area contributed by atoms with Crippen molar-refractivity contribution in [2.75, 3.05) is 13.1 Å². The molecule has 2 amide bonds. The number of likely N-dealkylation sites (tertiary alicyclic amines) is 1. The van der Waals surface area contributed by atoms with Crippen LogP contribution in [0.3, 0.4) is 0 Å². The zero-order valence-corrected chi connectivity index (χ0v) is 10.6. The first-order chi connectivity index (χ1) is 8.68. The van der Waals surface area contributed by atoms with E-state index in [0.717, 1.165) is 25.9 Å². The second kappa shape index (κ2) is 5.67. The fraction of sp³-hybridized carbons (Fsp3) is 0.429. The van der Waals surface area contributed by atoms with Gasteiger partial charge in [0.05, 0.1) is 0 Å². The van der Waals surface area contributed by atoms with Crippen LogP contribution in [-0.4, -0.2) is 35.8 Å². The number of rotatable bonds is 3. The Morgan fingerprint density at radius 3 is 2.39 bits per heavy atom. The minimum atomic E-state index is -0.462. The molecule has 1 aliphatic rings. The third-order valence-electron chi connectivity index (χ3n) is 3.17. The molecule has 18 heavy (non-hydrogen) atoms. The molecule has 0 spiro atoms. The maximum Gasteiger partial charge on any atom is 0.251 e. The summed E-state index contributed by atoms with van der Waals surface area (Å²) < 4.78 is 0. The largest absolute Gasteiger partial charge is 0.341 e. The summed E-state index contributed by atoms with van der Waals surface area (Å²) in [6.45, 7) is 3.36. The molecule has 1 heterocycles.